The van der Waals surface area contributed by atoms with Crippen molar-refractivity contribution >= 4 is 48.0 Å². The molecule has 4 N–H and O–H groups in total. The highest BCUT2D eigenvalue weighted by Crippen LogP contribution is 2.23. The molecule has 0 radical (unpaired) electrons. The Hall–Kier alpha value is -3.42. The Bertz CT molecular complexity index is 1250. The minimum atomic E-state index is -1.99. The molecule has 3 aromatic rings. The zero-order valence-electron chi connectivity index (χ0n) is 21.8. The molecule has 0 saturated carbocycles. The second kappa shape index (κ2) is 14.0. The number of amides is 1. The van der Waals surface area contributed by atoms with Crippen molar-refractivity contribution in [3.63, 3.8) is 0 Å². The van der Waals surface area contributed by atoms with Crippen molar-refractivity contribution in [3.8, 4) is 17.3 Å². The fourth-order valence-corrected chi connectivity index (χ4v) is 2.93. The maximum Gasteiger partial charge on any atom is 0.252 e. The number of anilines is 3. The highest BCUT2D eigenvalue weighted by molar-refractivity contribution is 5.94. The van der Waals surface area contributed by atoms with Gasteiger partial charge in [0.15, 0.2) is 0 Å². The van der Waals surface area contributed by atoms with Gasteiger partial charge in [-0.05, 0) is 42.5 Å². The average Bonchev–Trinajstić information content (AvgIpc) is 2.83. The summed E-state index contributed by atoms with van der Waals surface area (Å²) < 4.78 is 37.6. The lowest BCUT2D eigenvalue weighted by atomic mass is 10.1. The van der Waals surface area contributed by atoms with E-state index >= 15 is 0 Å². The molecule has 34 heavy (non-hydrogen) atoms. The van der Waals surface area contributed by atoms with Gasteiger partial charge in [0.05, 0.1) is 30.5 Å². The van der Waals surface area contributed by atoms with Gasteiger partial charge in [-0.15, -0.1) is 24.8 Å². The number of halogens is 2. The molecule has 11 heteroatoms. The molecular weight excluding hydrogens is 479 g/mol. The lowest BCUT2D eigenvalue weighted by Gasteiger charge is -2.28. The number of morpholine rings is 1. The monoisotopic (exact) mass is 508 g/mol. The van der Waals surface area contributed by atoms with Crippen LogP contribution < -0.4 is 15.5 Å². The molecule has 0 unspecified atom stereocenters. The quantitative estimate of drug-likeness (QED) is 0.488. The number of ether oxygens (including phenoxy) is 1. The van der Waals surface area contributed by atoms with Crippen molar-refractivity contribution in [1.82, 2.24) is 15.3 Å². The van der Waals surface area contributed by atoms with Crippen molar-refractivity contribution in [3.05, 3.63) is 66.4 Å². The van der Waals surface area contributed by atoms with Crippen LogP contribution in [0.25, 0.3) is 11.3 Å². The maximum atomic E-state index is 12.0. The molecule has 1 amide bonds. The summed E-state index contributed by atoms with van der Waals surface area (Å²) in [6.07, 6.45) is 1.60. The maximum absolute atomic E-state index is 12.0. The van der Waals surface area contributed by atoms with Crippen LogP contribution in [0.5, 0.6) is 0 Å². The van der Waals surface area contributed by atoms with Gasteiger partial charge in [0.2, 0.25) is 5.95 Å². The Morgan fingerprint density at radius 2 is 1.76 bits per heavy atom. The Balaban J connectivity index is 0.00000241. The van der Waals surface area contributed by atoms with Gasteiger partial charge in [0, 0.05) is 41.7 Å². The van der Waals surface area contributed by atoms with Crippen LogP contribution in [0.1, 0.15) is 15.8 Å². The summed E-state index contributed by atoms with van der Waals surface area (Å²) in [6, 6.07) is 17.1. The van der Waals surface area contributed by atoms with Crippen LogP contribution in [0, 0.1) is 11.3 Å². The van der Waals surface area contributed by atoms with Crippen molar-refractivity contribution in [1.29, 1.82) is 5.26 Å². The summed E-state index contributed by atoms with van der Waals surface area (Å²) >= 11 is 0. The van der Waals surface area contributed by atoms with Crippen LogP contribution in [0.3, 0.4) is 0 Å². The van der Waals surface area contributed by atoms with Crippen LogP contribution >= 0.6 is 24.8 Å². The predicted molar refractivity (Wildman–Crippen MR) is 136 cm³/mol. The van der Waals surface area contributed by atoms with Crippen LogP contribution in [-0.2, 0) is 4.74 Å². The van der Waals surface area contributed by atoms with Gasteiger partial charge in [-0.25, -0.2) is 9.97 Å². The number of benzene rings is 2. The van der Waals surface area contributed by atoms with Gasteiger partial charge in [-0.2, -0.15) is 5.26 Å². The minimum Gasteiger partial charge on any atom is -0.412 e. The summed E-state index contributed by atoms with van der Waals surface area (Å²) in [7, 11) is 0. The number of rotatable bonds is 6. The average molecular weight is 509 g/mol. The predicted octanol–water partition coefficient (Wildman–Crippen LogP) is 3.00. The fourth-order valence-electron chi connectivity index (χ4n) is 2.93. The number of nitrogens with one attached hydrogen (secondary N) is 2. The third-order valence-corrected chi connectivity index (χ3v) is 4.46. The molecule has 0 bridgehead atoms. The Kier molecular flexibility index (Phi) is 9.20. The van der Waals surface area contributed by atoms with Crippen LogP contribution in [0.15, 0.2) is 60.8 Å². The van der Waals surface area contributed by atoms with Gasteiger partial charge in [0.1, 0.15) is 6.54 Å². The smallest absolute Gasteiger partial charge is 0.252 e. The SMILES string of the molecule is Cl.Cl.O.[2H]C1([2H])COCC([2H])([2H])N1c1ccc(Nc2nccc(-c3ccc(C(=O)NCC#N)cc3)n2)cc1. The molecule has 1 aliphatic heterocycles. The third kappa shape index (κ3) is 7.30. The van der Waals surface area contributed by atoms with E-state index in [0.29, 0.717) is 28.6 Å². The summed E-state index contributed by atoms with van der Waals surface area (Å²) in [5.41, 5.74) is 2.88. The molecule has 2 aromatic carbocycles. The summed E-state index contributed by atoms with van der Waals surface area (Å²) in [5.74, 6) is 0.00735. The minimum absolute atomic E-state index is 0. The van der Waals surface area contributed by atoms with E-state index in [9.17, 15) is 4.79 Å². The van der Waals surface area contributed by atoms with Gasteiger partial charge in [-0.3, -0.25) is 4.79 Å². The van der Waals surface area contributed by atoms with Gasteiger partial charge < -0.3 is 25.7 Å². The molecule has 0 spiro atoms. The molecule has 2 heterocycles. The molecule has 0 atom stereocenters. The van der Waals surface area contributed by atoms with Crippen molar-refractivity contribution in [2.75, 3.05) is 43.0 Å². The number of carbonyl (C=O) groups is 1. The van der Waals surface area contributed by atoms with Crippen molar-refractivity contribution < 1.29 is 20.5 Å². The van der Waals surface area contributed by atoms with E-state index in [0.717, 1.165) is 10.5 Å². The number of hydrogen-bond donors (Lipinski definition) is 2. The highest BCUT2D eigenvalue weighted by atomic mass is 35.5. The first-order chi connectivity index (χ1) is 16.7. The van der Waals surface area contributed by atoms with Gasteiger partial charge in [-0.1, -0.05) is 12.1 Å². The van der Waals surface area contributed by atoms with Gasteiger partial charge in [0.25, 0.3) is 5.91 Å². The van der Waals surface area contributed by atoms with Crippen LogP contribution in [0.4, 0.5) is 17.3 Å². The Morgan fingerprint density at radius 1 is 1.09 bits per heavy atom. The Morgan fingerprint density at radius 3 is 2.41 bits per heavy atom. The highest BCUT2D eigenvalue weighted by Gasteiger charge is 2.11. The molecule has 9 nitrogen and oxygen atoms in total. The second-order valence-electron chi connectivity index (χ2n) is 6.50. The van der Waals surface area contributed by atoms with E-state index in [-0.39, 0.29) is 56.0 Å². The number of nitrogens with zero attached hydrogens (tertiary/aromatic N) is 4. The number of hydrogen-bond acceptors (Lipinski definition) is 7. The van der Waals surface area contributed by atoms with Crippen molar-refractivity contribution in [2.24, 2.45) is 0 Å². The topological polar surface area (TPSA) is 135 Å². The van der Waals surface area contributed by atoms with E-state index < -0.39 is 13.0 Å². The first kappa shape index (κ1) is 22.4. The largest absolute Gasteiger partial charge is 0.412 e. The van der Waals surface area contributed by atoms with E-state index in [1.54, 1.807) is 60.8 Å². The standard InChI is InChI=1S/C23H22N6O2.2ClH.H2O/c24-10-12-25-22(30)18-3-1-17(2-4-18)21-9-11-26-23(28-21)27-19-5-7-20(8-6-19)29-13-15-31-16-14-29;;;/h1-9,11H,12-16H2,(H,25,30)(H,26,27,28);2*1H;1H2/i13D2,14D2;;;. The van der Waals surface area contributed by atoms with E-state index in [1.165, 1.54) is 0 Å². The first-order valence-corrected chi connectivity index (χ1v) is 9.53. The molecule has 1 saturated heterocycles. The van der Waals surface area contributed by atoms with E-state index in [2.05, 4.69) is 20.6 Å². The molecule has 180 valence electrons. The molecule has 1 aromatic heterocycles. The normalized spacial score (nSPS) is 16.9. The summed E-state index contributed by atoms with van der Waals surface area (Å²) in [4.78, 5) is 21.8. The van der Waals surface area contributed by atoms with E-state index in [1.807, 2.05) is 6.07 Å². The number of nitriles is 1. The fraction of sp³-hybridized carbons (Fsp3) is 0.217. The molecular formula is C23H26Cl2N6O3. The first-order valence-electron chi connectivity index (χ1n) is 11.5. The number of aromatic nitrogens is 2. The lowest BCUT2D eigenvalue weighted by molar-refractivity contribution is 0.0958. The molecule has 4 rings (SSSR count). The lowest BCUT2D eigenvalue weighted by Crippen LogP contribution is -2.36. The summed E-state index contributed by atoms with van der Waals surface area (Å²) in [5, 5.41) is 14.2. The molecule has 1 aliphatic rings. The Labute approximate surface area is 215 Å². The van der Waals surface area contributed by atoms with Crippen LogP contribution in [-0.4, -0.2) is 54.1 Å². The van der Waals surface area contributed by atoms with Gasteiger partial charge >= 0.3 is 0 Å². The third-order valence-electron chi connectivity index (χ3n) is 4.46. The molecule has 0 aliphatic carbocycles. The zero-order chi connectivity index (χ0) is 25.1. The van der Waals surface area contributed by atoms with E-state index in [4.69, 9.17) is 15.5 Å². The molecule has 1 fully saturated rings. The van der Waals surface area contributed by atoms with Crippen molar-refractivity contribution in [2.45, 2.75) is 0 Å². The summed E-state index contributed by atoms with van der Waals surface area (Å²) in [6.45, 7) is -4.48. The second-order valence-corrected chi connectivity index (χ2v) is 6.50. The zero-order valence-corrected chi connectivity index (χ0v) is 19.4. The van der Waals surface area contributed by atoms with Crippen LogP contribution in [0.2, 0.25) is 0 Å². The number of carbonyl (C=O) groups excluding carboxylic acids is 1.